The van der Waals surface area contributed by atoms with Crippen LogP contribution in [0.2, 0.25) is 5.31 Å². The first-order valence-corrected chi connectivity index (χ1v) is 4.23. The molecule has 1 amide bonds. The van der Waals surface area contributed by atoms with Gasteiger partial charge in [0.2, 0.25) is 0 Å². The van der Waals surface area contributed by atoms with Crippen molar-refractivity contribution in [3.8, 4) is 0 Å². The van der Waals surface area contributed by atoms with Gasteiger partial charge in [0, 0.05) is 13.1 Å². The van der Waals surface area contributed by atoms with Gasteiger partial charge in [-0.25, -0.2) is 4.79 Å². The standard InChI is InChI=1S/C8H14BNO2/c1-3-4-8(9)5-10(6-8)7(11)12-2/h3-6H2,1-2H3. The Hall–Kier alpha value is -0.665. The molecule has 0 unspecified atom stereocenters. The number of hydrogen-bond acceptors (Lipinski definition) is 2. The van der Waals surface area contributed by atoms with Crippen LogP contribution < -0.4 is 0 Å². The summed E-state index contributed by atoms with van der Waals surface area (Å²) in [7, 11) is 7.33. The van der Waals surface area contributed by atoms with Gasteiger partial charge in [-0.05, 0) is 5.31 Å². The van der Waals surface area contributed by atoms with Gasteiger partial charge in [-0.1, -0.05) is 19.8 Å². The lowest BCUT2D eigenvalue weighted by molar-refractivity contribution is 0.0717. The van der Waals surface area contributed by atoms with E-state index in [9.17, 15) is 4.79 Å². The highest BCUT2D eigenvalue weighted by Gasteiger charge is 2.40. The molecule has 0 atom stereocenters. The molecule has 66 valence electrons. The maximum absolute atomic E-state index is 10.9. The number of hydrogen-bond donors (Lipinski definition) is 0. The summed E-state index contributed by atoms with van der Waals surface area (Å²) >= 11 is 0. The third-order valence-electron chi connectivity index (χ3n) is 2.19. The molecule has 0 spiro atoms. The van der Waals surface area contributed by atoms with Crippen LogP contribution in [0.5, 0.6) is 0 Å². The van der Waals surface area contributed by atoms with Gasteiger partial charge in [0.05, 0.1) is 15.0 Å². The Labute approximate surface area is 74.5 Å². The average molecular weight is 167 g/mol. The van der Waals surface area contributed by atoms with Gasteiger partial charge in [-0.15, -0.1) is 0 Å². The van der Waals surface area contributed by atoms with Crippen molar-refractivity contribution in [2.45, 2.75) is 25.1 Å². The smallest absolute Gasteiger partial charge is 0.409 e. The van der Waals surface area contributed by atoms with Crippen LogP contribution in [-0.4, -0.2) is 39.0 Å². The monoisotopic (exact) mass is 167 g/mol. The number of nitrogens with zero attached hydrogens (tertiary/aromatic N) is 1. The summed E-state index contributed by atoms with van der Waals surface area (Å²) in [6.45, 7) is 3.36. The van der Waals surface area contributed by atoms with Gasteiger partial charge in [0.15, 0.2) is 0 Å². The minimum atomic E-state index is -0.271. The zero-order chi connectivity index (χ0) is 9.19. The van der Waals surface area contributed by atoms with Gasteiger partial charge in [0.25, 0.3) is 0 Å². The Bertz CT molecular complexity index is 178. The normalized spacial score (nSPS) is 20.0. The van der Waals surface area contributed by atoms with Crippen LogP contribution in [-0.2, 0) is 4.74 Å². The highest BCUT2D eigenvalue weighted by molar-refractivity contribution is 6.16. The molecule has 0 aromatic heterocycles. The topological polar surface area (TPSA) is 29.5 Å². The van der Waals surface area contributed by atoms with E-state index in [1.54, 1.807) is 4.90 Å². The third-order valence-corrected chi connectivity index (χ3v) is 2.19. The number of methoxy groups -OCH3 is 1. The maximum atomic E-state index is 10.9. The van der Waals surface area contributed by atoms with E-state index in [1.807, 2.05) is 0 Å². The molecule has 3 nitrogen and oxygen atoms in total. The van der Waals surface area contributed by atoms with Crippen LogP contribution in [0.25, 0.3) is 0 Å². The molecule has 0 aromatic carbocycles. The van der Waals surface area contributed by atoms with Crippen LogP contribution in [0.15, 0.2) is 0 Å². The summed E-state index contributed by atoms with van der Waals surface area (Å²) in [4.78, 5) is 12.6. The summed E-state index contributed by atoms with van der Waals surface area (Å²) in [5, 5.41) is -0.150. The second kappa shape index (κ2) is 3.38. The lowest BCUT2D eigenvalue weighted by Gasteiger charge is -2.47. The first-order chi connectivity index (χ1) is 5.61. The predicted octanol–water partition coefficient (Wildman–Crippen LogP) is 1.20. The molecule has 0 saturated carbocycles. The number of likely N-dealkylation sites (tertiary alicyclic amines) is 1. The third kappa shape index (κ3) is 1.73. The minimum Gasteiger partial charge on any atom is -0.453 e. The van der Waals surface area contributed by atoms with E-state index < -0.39 is 0 Å². The molecule has 1 aliphatic heterocycles. The van der Waals surface area contributed by atoms with E-state index in [1.165, 1.54) is 7.11 Å². The minimum absolute atomic E-state index is 0.150. The summed E-state index contributed by atoms with van der Waals surface area (Å²) in [5.74, 6) is 0. The summed E-state index contributed by atoms with van der Waals surface area (Å²) in [6.07, 6.45) is 1.76. The summed E-state index contributed by atoms with van der Waals surface area (Å²) in [5.41, 5.74) is 0. The van der Waals surface area contributed by atoms with Gasteiger partial charge in [0.1, 0.15) is 0 Å². The fourth-order valence-electron chi connectivity index (χ4n) is 1.63. The number of ether oxygens (including phenoxy) is 1. The second-order valence-electron chi connectivity index (χ2n) is 3.44. The molecule has 0 bridgehead atoms. The van der Waals surface area contributed by atoms with Crippen LogP contribution in [0.3, 0.4) is 0 Å². The average Bonchev–Trinajstić information content (AvgIpc) is 1.99. The van der Waals surface area contributed by atoms with Crippen molar-refractivity contribution in [3.05, 3.63) is 0 Å². The Morgan fingerprint density at radius 2 is 2.25 bits per heavy atom. The van der Waals surface area contributed by atoms with Crippen molar-refractivity contribution >= 4 is 13.9 Å². The molecular weight excluding hydrogens is 153 g/mol. The van der Waals surface area contributed by atoms with Gasteiger partial charge >= 0.3 is 6.09 Å². The van der Waals surface area contributed by atoms with Crippen molar-refractivity contribution in [1.82, 2.24) is 4.90 Å². The zero-order valence-electron chi connectivity index (χ0n) is 7.67. The second-order valence-corrected chi connectivity index (χ2v) is 3.44. The van der Waals surface area contributed by atoms with Crippen molar-refractivity contribution in [1.29, 1.82) is 0 Å². The molecule has 1 saturated heterocycles. The molecule has 0 N–H and O–H groups in total. The largest absolute Gasteiger partial charge is 0.453 e. The van der Waals surface area contributed by atoms with Crippen molar-refractivity contribution in [2.75, 3.05) is 20.2 Å². The van der Waals surface area contributed by atoms with E-state index in [4.69, 9.17) is 7.85 Å². The molecule has 1 heterocycles. The highest BCUT2D eigenvalue weighted by Crippen LogP contribution is 2.38. The summed E-state index contributed by atoms with van der Waals surface area (Å²) < 4.78 is 4.56. The molecule has 0 aromatic rings. The van der Waals surface area contributed by atoms with Crippen LogP contribution in [0, 0.1) is 0 Å². The quantitative estimate of drug-likeness (QED) is 0.578. The first-order valence-electron chi connectivity index (χ1n) is 4.23. The SMILES string of the molecule is [B]C1(CCC)CN(C(=O)OC)C1. The fourth-order valence-corrected chi connectivity index (χ4v) is 1.63. The van der Waals surface area contributed by atoms with E-state index in [0.717, 1.165) is 12.8 Å². The van der Waals surface area contributed by atoms with Crippen molar-refractivity contribution in [2.24, 2.45) is 0 Å². The molecule has 1 fully saturated rings. The van der Waals surface area contributed by atoms with Crippen molar-refractivity contribution < 1.29 is 9.53 Å². The zero-order valence-corrected chi connectivity index (χ0v) is 7.67. The van der Waals surface area contributed by atoms with Gasteiger partial charge < -0.3 is 9.64 Å². The van der Waals surface area contributed by atoms with Crippen LogP contribution >= 0.6 is 0 Å². The molecule has 1 rings (SSSR count). The van der Waals surface area contributed by atoms with E-state index in [0.29, 0.717) is 13.1 Å². The molecule has 4 heteroatoms. The van der Waals surface area contributed by atoms with Gasteiger partial charge in [-0.3, -0.25) is 0 Å². The number of rotatable bonds is 2. The van der Waals surface area contributed by atoms with E-state index >= 15 is 0 Å². The Morgan fingerprint density at radius 1 is 1.67 bits per heavy atom. The molecule has 1 aliphatic rings. The van der Waals surface area contributed by atoms with Crippen LogP contribution in [0.1, 0.15) is 19.8 Å². The van der Waals surface area contributed by atoms with E-state index in [-0.39, 0.29) is 11.4 Å². The Morgan fingerprint density at radius 3 is 2.67 bits per heavy atom. The van der Waals surface area contributed by atoms with Crippen LogP contribution in [0.4, 0.5) is 4.79 Å². The maximum Gasteiger partial charge on any atom is 0.409 e. The number of carbonyl (C=O) groups excluding carboxylic acids is 1. The highest BCUT2D eigenvalue weighted by atomic mass is 16.5. The van der Waals surface area contributed by atoms with Crippen molar-refractivity contribution in [3.63, 3.8) is 0 Å². The van der Waals surface area contributed by atoms with E-state index in [2.05, 4.69) is 11.7 Å². The lowest BCUT2D eigenvalue weighted by atomic mass is 9.61. The Kier molecular flexibility index (Phi) is 2.65. The predicted molar refractivity (Wildman–Crippen MR) is 47.3 cm³/mol. The molecule has 0 aliphatic carbocycles. The Balaban J connectivity index is 2.31. The van der Waals surface area contributed by atoms with Gasteiger partial charge in [-0.2, -0.15) is 0 Å². The number of carbonyl (C=O) groups is 1. The first kappa shape index (κ1) is 9.42. The molecular formula is C8H14BNO2. The lowest BCUT2D eigenvalue weighted by Crippen LogP contribution is -2.54. The molecule has 12 heavy (non-hydrogen) atoms. The summed E-state index contributed by atoms with van der Waals surface area (Å²) in [6, 6.07) is 0. The number of amides is 1. The fraction of sp³-hybridized carbons (Fsp3) is 0.875. The molecule has 2 radical (unpaired) electrons.